The number of aromatic amines is 1. The second-order valence-corrected chi connectivity index (χ2v) is 11.4. The molecule has 10 heteroatoms. The summed E-state index contributed by atoms with van der Waals surface area (Å²) < 4.78 is 5.77. The van der Waals surface area contributed by atoms with E-state index in [2.05, 4.69) is 61.9 Å². The van der Waals surface area contributed by atoms with Crippen LogP contribution in [0.4, 0.5) is 17.5 Å². The van der Waals surface area contributed by atoms with Crippen LogP contribution in [-0.4, -0.2) is 70.0 Å². The second-order valence-electron chi connectivity index (χ2n) is 11.4. The van der Waals surface area contributed by atoms with E-state index >= 15 is 0 Å². The van der Waals surface area contributed by atoms with Crippen molar-refractivity contribution in [3.63, 3.8) is 0 Å². The van der Waals surface area contributed by atoms with Crippen molar-refractivity contribution >= 4 is 34.4 Å². The molecule has 43 heavy (non-hydrogen) atoms. The van der Waals surface area contributed by atoms with E-state index in [9.17, 15) is 10.1 Å². The number of hydrogen-bond donors (Lipinski definition) is 3. The summed E-state index contributed by atoms with van der Waals surface area (Å²) >= 11 is 0. The summed E-state index contributed by atoms with van der Waals surface area (Å²) in [5, 5.41) is 17.3. The zero-order chi connectivity index (χ0) is 29.8. The Morgan fingerprint density at radius 2 is 1.79 bits per heavy atom. The van der Waals surface area contributed by atoms with Crippen LogP contribution in [0.1, 0.15) is 50.2 Å². The fourth-order valence-corrected chi connectivity index (χ4v) is 6.10. The van der Waals surface area contributed by atoms with Crippen LogP contribution in [0.2, 0.25) is 0 Å². The van der Waals surface area contributed by atoms with E-state index < -0.39 is 0 Å². The van der Waals surface area contributed by atoms with Gasteiger partial charge in [0.15, 0.2) is 0 Å². The predicted octanol–water partition coefficient (Wildman–Crippen LogP) is 5.66. The molecule has 3 N–H and O–H groups in total. The Labute approximate surface area is 252 Å². The maximum absolute atomic E-state index is 11.6. The Morgan fingerprint density at radius 1 is 1.05 bits per heavy atom. The number of aromatic nitrogens is 3. The van der Waals surface area contributed by atoms with E-state index in [0.717, 1.165) is 67.8 Å². The summed E-state index contributed by atoms with van der Waals surface area (Å²) in [6.07, 6.45) is 7.52. The average molecular weight is 579 g/mol. The predicted molar refractivity (Wildman–Crippen MR) is 168 cm³/mol. The monoisotopic (exact) mass is 578 g/mol. The van der Waals surface area contributed by atoms with Crippen molar-refractivity contribution in [3.05, 3.63) is 59.8 Å². The minimum absolute atomic E-state index is 0.153. The van der Waals surface area contributed by atoms with Crippen LogP contribution in [0, 0.1) is 11.3 Å². The summed E-state index contributed by atoms with van der Waals surface area (Å²) in [6, 6.07) is 17.3. The highest BCUT2D eigenvalue weighted by Gasteiger charge is 2.21. The minimum atomic E-state index is 0.153. The van der Waals surface area contributed by atoms with E-state index in [0.29, 0.717) is 34.8 Å². The lowest BCUT2D eigenvalue weighted by Crippen LogP contribution is -2.47. The molecule has 2 aromatic heterocycles. The number of benzene rings is 2. The summed E-state index contributed by atoms with van der Waals surface area (Å²) in [6.45, 7) is 5.88. The van der Waals surface area contributed by atoms with Crippen molar-refractivity contribution in [2.45, 2.75) is 51.6 Å². The Morgan fingerprint density at radius 3 is 2.49 bits per heavy atom. The molecular weight excluding hydrogens is 540 g/mol. The van der Waals surface area contributed by atoms with Gasteiger partial charge in [0.25, 0.3) is 0 Å². The van der Waals surface area contributed by atoms with Gasteiger partial charge in [-0.05, 0) is 41.7 Å². The van der Waals surface area contributed by atoms with Gasteiger partial charge in [0.2, 0.25) is 11.9 Å². The van der Waals surface area contributed by atoms with E-state index in [1.165, 1.54) is 24.8 Å². The smallest absolute Gasteiger partial charge is 0.231 e. The first-order valence-electron chi connectivity index (χ1n) is 15.1. The molecule has 1 aliphatic carbocycles. The van der Waals surface area contributed by atoms with Gasteiger partial charge >= 0.3 is 0 Å². The number of fused-ring (bicyclic) bond motifs is 1. The molecule has 6 rings (SSSR count). The highest BCUT2D eigenvalue weighted by atomic mass is 16.5. The molecule has 0 bridgehead atoms. The number of H-pyrrole nitrogens is 1. The summed E-state index contributed by atoms with van der Waals surface area (Å²) in [5.74, 6) is 1.94. The van der Waals surface area contributed by atoms with Crippen LogP contribution in [0.15, 0.2) is 48.7 Å². The molecule has 1 aliphatic heterocycles. The summed E-state index contributed by atoms with van der Waals surface area (Å²) in [5.41, 5.74) is 5.29. The molecule has 10 nitrogen and oxygen atoms in total. The largest absolute Gasteiger partial charge is 0.495 e. The Hall–Kier alpha value is -4.62. The molecule has 0 radical (unpaired) electrons. The fraction of sp³-hybridized carbons (Fsp3) is 0.394. The maximum Gasteiger partial charge on any atom is 0.231 e. The first-order chi connectivity index (χ1) is 21.0. The minimum Gasteiger partial charge on any atom is -0.495 e. The molecule has 1 amide bonds. The Kier molecular flexibility index (Phi) is 8.43. The molecule has 2 aliphatic rings. The number of piperazine rings is 1. The van der Waals surface area contributed by atoms with Crippen molar-refractivity contribution < 1.29 is 9.53 Å². The lowest BCUT2D eigenvalue weighted by atomic mass is 9.95. The van der Waals surface area contributed by atoms with Gasteiger partial charge in [0, 0.05) is 51.9 Å². The number of methoxy groups -OCH3 is 1. The number of nitriles is 1. The Balaban J connectivity index is 1.18. The van der Waals surface area contributed by atoms with E-state index in [1.807, 2.05) is 17.0 Å². The van der Waals surface area contributed by atoms with Crippen molar-refractivity contribution in [2.24, 2.45) is 0 Å². The van der Waals surface area contributed by atoms with Crippen LogP contribution in [0.25, 0.3) is 22.2 Å². The van der Waals surface area contributed by atoms with Gasteiger partial charge in [-0.2, -0.15) is 15.2 Å². The van der Waals surface area contributed by atoms with Gasteiger partial charge < -0.3 is 25.3 Å². The zero-order valence-electron chi connectivity index (χ0n) is 24.8. The molecule has 2 fully saturated rings. The van der Waals surface area contributed by atoms with Gasteiger partial charge in [0.05, 0.1) is 23.7 Å². The third-order valence-corrected chi connectivity index (χ3v) is 8.56. The third-order valence-electron chi connectivity index (χ3n) is 8.56. The molecule has 0 spiro atoms. The number of anilines is 3. The van der Waals surface area contributed by atoms with Crippen LogP contribution in [0.5, 0.6) is 5.75 Å². The summed E-state index contributed by atoms with van der Waals surface area (Å²) in [4.78, 5) is 28.5. The van der Waals surface area contributed by atoms with E-state index in [4.69, 9.17) is 9.72 Å². The van der Waals surface area contributed by atoms with Gasteiger partial charge in [0.1, 0.15) is 23.3 Å². The normalized spacial score (nSPS) is 16.2. The van der Waals surface area contributed by atoms with Crippen LogP contribution >= 0.6 is 0 Å². The Bertz CT molecular complexity index is 1630. The molecule has 1 saturated heterocycles. The van der Waals surface area contributed by atoms with Gasteiger partial charge in [-0.15, -0.1) is 0 Å². The van der Waals surface area contributed by atoms with E-state index in [-0.39, 0.29) is 5.91 Å². The number of ether oxygens (including phenoxy) is 1. The third kappa shape index (κ3) is 6.42. The second kappa shape index (κ2) is 12.7. The number of carbonyl (C=O) groups is 1. The van der Waals surface area contributed by atoms with Crippen molar-refractivity contribution in [1.29, 1.82) is 5.26 Å². The lowest BCUT2D eigenvalue weighted by Gasteiger charge is -2.34. The highest BCUT2D eigenvalue weighted by molar-refractivity contribution is 5.94. The molecule has 3 heterocycles. The highest BCUT2D eigenvalue weighted by Crippen LogP contribution is 2.34. The molecule has 0 atom stereocenters. The number of rotatable bonds is 8. The number of carbonyl (C=O) groups excluding carboxylic acids is 1. The fourth-order valence-electron chi connectivity index (χ4n) is 6.10. The molecular formula is C33H38N8O2. The van der Waals surface area contributed by atoms with Crippen LogP contribution in [0.3, 0.4) is 0 Å². The molecule has 4 aromatic rings. The molecule has 0 unspecified atom stereocenters. The first-order valence-corrected chi connectivity index (χ1v) is 15.1. The maximum atomic E-state index is 11.6. The first kappa shape index (κ1) is 28.5. The lowest BCUT2D eigenvalue weighted by molar-refractivity contribution is -0.130. The number of nitrogens with one attached hydrogen (secondary N) is 3. The molecule has 2 aromatic carbocycles. The van der Waals surface area contributed by atoms with Crippen molar-refractivity contribution in [2.75, 3.05) is 43.9 Å². The summed E-state index contributed by atoms with van der Waals surface area (Å²) in [7, 11) is 1.66. The number of hydrogen-bond acceptors (Lipinski definition) is 8. The van der Waals surface area contributed by atoms with Gasteiger partial charge in [-0.25, -0.2) is 0 Å². The molecule has 222 valence electrons. The topological polar surface area (TPSA) is 122 Å². The van der Waals surface area contributed by atoms with Crippen LogP contribution < -0.4 is 15.4 Å². The van der Waals surface area contributed by atoms with Gasteiger partial charge in [-0.3, -0.25) is 9.69 Å². The van der Waals surface area contributed by atoms with E-state index in [1.54, 1.807) is 20.2 Å². The SMILES string of the molecule is COc1cc(-c2ccc(CN3CCN(C(C)=O)CC3)cc2)ccc1Nc1nc(NC2CCCCC2)c2c(C#N)c[nH]c2n1. The van der Waals surface area contributed by atoms with Crippen LogP contribution in [-0.2, 0) is 11.3 Å². The standard InChI is InChI=1S/C33H38N8O2/c1-22(42)41-16-14-40(15-17-41)21-23-8-10-24(11-9-23)25-12-13-28(29(18-25)43-2)37-33-38-31-30(26(19-34)20-35-31)32(39-33)36-27-6-4-3-5-7-27/h8-13,18,20,27H,3-7,14-17,21H2,1-2H3,(H3,35,36,37,38,39). The van der Waals surface area contributed by atoms with Gasteiger partial charge in [-0.1, -0.05) is 49.6 Å². The van der Waals surface area contributed by atoms with Crippen molar-refractivity contribution in [1.82, 2.24) is 24.8 Å². The number of amides is 1. The average Bonchev–Trinajstić information content (AvgIpc) is 3.46. The van der Waals surface area contributed by atoms with Crippen molar-refractivity contribution in [3.8, 4) is 22.9 Å². The zero-order valence-corrected chi connectivity index (χ0v) is 24.8. The number of nitrogens with zero attached hydrogens (tertiary/aromatic N) is 5. The quantitative estimate of drug-likeness (QED) is 0.245. The molecule has 1 saturated carbocycles.